The van der Waals surface area contributed by atoms with Gasteiger partial charge in [0, 0.05) is 12.7 Å². The van der Waals surface area contributed by atoms with E-state index in [1.54, 1.807) is 13.0 Å². The number of alkyl halides is 3. The van der Waals surface area contributed by atoms with E-state index in [9.17, 15) is 27.2 Å². The highest BCUT2D eigenvalue weighted by Crippen LogP contribution is 2.32. The smallest absolute Gasteiger partial charge is 0.394 e. The highest BCUT2D eigenvalue weighted by molar-refractivity contribution is 9.12. The largest absolute Gasteiger partial charge is 0.432 e. The van der Waals surface area contributed by atoms with Crippen LogP contribution in [0, 0.1) is 5.82 Å². The van der Waals surface area contributed by atoms with Crippen LogP contribution in [-0.2, 0) is 4.79 Å². The van der Waals surface area contributed by atoms with E-state index in [1.165, 1.54) is 30.5 Å². The van der Waals surface area contributed by atoms with E-state index in [4.69, 9.17) is 5.73 Å². The molecule has 0 bridgehead atoms. The van der Waals surface area contributed by atoms with Crippen LogP contribution in [0.15, 0.2) is 46.7 Å². The normalized spacial score (nSPS) is 17.0. The van der Waals surface area contributed by atoms with Crippen molar-refractivity contribution in [2.24, 2.45) is 5.73 Å². The Labute approximate surface area is 192 Å². The lowest BCUT2D eigenvalue weighted by Crippen LogP contribution is -2.38. The Morgan fingerprint density at radius 3 is 2.53 bits per heavy atom. The van der Waals surface area contributed by atoms with Gasteiger partial charge in [0.25, 0.3) is 11.8 Å². The molecule has 0 spiro atoms. The summed E-state index contributed by atoms with van der Waals surface area (Å²) in [5.41, 5.74) is 4.27. The highest BCUT2D eigenvalue weighted by atomic mass is 79.9. The van der Waals surface area contributed by atoms with E-state index in [-0.39, 0.29) is 5.56 Å². The van der Waals surface area contributed by atoms with Crippen LogP contribution in [0.3, 0.4) is 0 Å². The zero-order valence-electron chi connectivity index (χ0n) is 17.6. The molecule has 2 rings (SSSR count). The number of hydrogen-bond donors (Lipinski definition) is 2. The molecule has 1 heterocycles. The Morgan fingerprint density at radius 2 is 1.94 bits per heavy atom. The number of nitrogens with zero attached hydrogens (tertiary/aromatic N) is 1. The second-order valence-corrected chi connectivity index (χ2v) is 8.03. The molecule has 0 aliphatic carbocycles. The van der Waals surface area contributed by atoms with Crippen molar-refractivity contribution in [2.75, 3.05) is 6.54 Å². The molecule has 0 radical (unpaired) electrons. The Morgan fingerprint density at radius 1 is 1.25 bits per heavy atom. The summed E-state index contributed by atoms with van der Waals surface area (Å²) in [7, 11) is 0. The number of benzene rings is 1. The van der Waals surface area contributed by atoms with Gasteiger partial charge in [0.2, 0.25) is 0 Å². The molecular formula is C22H24BrF4N3O2. The fourth-order valence-electron chi connectivity index (χ4n) is 3.14. The van der Waals surface area contributed by atoms with E-state index in [1.807, 2.05) is 6.92 Å². The molecule has 0 fully saturated rings. The fourth-order valence-corrected chi connectivity index (χ4v) is 3.57. The SMILES string of the molecule is CCCCCNC(=O)c1ccc(C2=CC=CN(C(=O)/C(Br)=C(\N)C(F)(F)F)C2C)cc1F. The second-order valence-electron chi connectivity index (χ2n) is 7.23. The number of nitrogens with one attached hydrogen (secondary N) is 1. The number of carbonyl (C=O) groups excluding carboxylic acids is 2. The Bertz CT molecular complexity index is 970. The zero-order valence-corrected chi connectivity index (χ0v) is 19.2. The van der Waals surface area contributed by atoms with Crippen molar-refractivity contribution in [1.82, 2.24) is 10.2 Å². The van der Waals surface area contributed by atoms with Gasteiger partial charge in [0.05, 0.1) is 11.6 Å². The summed E-state index contributed by atoms with van der Waals surface area (Å²) in [6, 6.07) is 3.33. The van der Waals surface area contributed by atoms with Gasteiger partial charge in [0.1, 0.15) is 16.0 Å². The maximum absolute atomic E-state index is 14.6. The summed E-state index contributed by atoms with van der Waals surface area (Å²) in [6.07, 6.45) is 2.28. The van der Waals surface area contributed by atoms with Gasteiger partial charge in [-0.15, -0.1) is 0 Å². The average molecular weight is 518 g/mol. The van der Waals surface area contributed by atoms with Gasteiger partial charge in [-0.1, -0.05) is 31.9 Å². The number of carbonyl (C=O) groups is 2. The first-order valence-electron chi connectivity index (χ1n) is 10.0. The lowest BCUT2D eigenvalue weighted by atomic mass is 9.95. The molecule has 1 aromatic carbocycles. The number of nitrogens with two attached hydrogens (primary N) is 1. The fraction of sp³-hybridized carbons (Fsp3) is 0.364. The molecule has 1 unspecified atom stereocenters. The Kier molecular flexibility index (Phi) is 8.65. The number of amides is 2. The summed E-state index contributed by atoms with van der Waals surface area (Å²) in [4.78, 5) is 25.8. The van der Waals surface area contributed by atoms with Crippen LogP contribution in [0.1, 0.15) is 49.0 Å². The summed E-state index contributed by atoms with van der Waals surface area (Å²) in [5, 5.41) is 2.67. The van der Waals surface area contributed by atoms with Crippen LogP contribution in [0.5, 0.6) is 0 Å². The molecule has 1 aliphatic heterocycles. The average Bonchev–Trinajstić information content (AvgIpc) is 2.74. The minimum absolute atomic E-state index is 0.110. The van der Waals surface area contributed by atoms with Crippen molar-refractivity contribution in [2.45, 2.75) is 45.3 Å². The van der Waals surface area contributed by atoms with E-state index in [0.717, 1.165) is 24.2 Å². The molecule has 32 heavy (non-hydrogen) atoms. The van der Waals surface area contributed by atoms with Gasteiger partial charge >= 0.3 is 6.18 Å². The molecule has 0 aromatic heterocycles. The third-order valence-corrected chi connectivity index (χ3v) is 5.73. The molecule has 1 aromatic rings. The van der Waals surface area contributed by atoms with E-state index in [2.05, 4.69) is 21.2 Å². The third kappa shape index (κ3) is 5.99. The minimum atomic E-state index is -4.87. The molecule has 174 valence electrons. The van der Waals surface area contributed by atoms with Crippen molar-refractivity contribution in [3.8, 4) is 0 Å². The maximum Gasteiger partial charge on any atom is 0.432 e. The lowest BCUT2D eigenvalue weighted by molar-refractivity contribution is -0.126. The molecule has 3 N–H and O–H groups in total. The number of hydrogen-bond acceptors (Lipinski definition) is 3. The van der Waals surface area contributed by atoms with Crippen molar-refractivity contribution < 1.29 is 27.2 Å². The minimum Gasteiger partial charge on any atom is -0.394 e. The van der Waals surface area contributed by atoms with Gasteiger partial charge in [-0.3, -0.25) is 9.59 Å². The summed E-state index contributed by atoms with van der Waals surface area (Å²) in [5.74, 6) is -2.25. The number of allylic oxidation sites excluding steroid dienone is 3. The lowest BCUT2D eigenvalue weighted by Gasteiger charge is -2.31. The van der Waals surface area contributed by atoms with Gasteiger partial charge in [-0.25, -0.2) is 4.39 Å². The van der Waals surface area contributed by atoms with Crippen LogP contribution in [0.25, 0.3) is 5.57 Å². The quantitative estimate of drug-likeness (QED) is 0.303. The number of halogens is 5. The van der Waals surface area contributed by atoms with Crippen molar-refractivity contribution in [3.05, 3.63) is 63.7 Å². The molecule has 10 heteroatoms. The summed E-state index contributed by atoms with van der Waals surface area (Å²) < 4.78 is 52.3. The first kappa shape index (κ1) is 25.6. The van der Waals surface area contributed by atoms with Crippen LogP contribution < -0.4 is 11.1 Å². The Hall–Kier alpha value is -2.62. The van der Waals surface area contributed by atoms with E-state index >= 15 is 0 Å². The number of unbranched alkanes of at least 4 members (excludes halogenated alkanes) is 2. The van der Waals surface area contributed by atoms with Gasteiger partial charge in [0.15, 0.2) is 0 Å². The van der Waals surface area contributed by atoms with Crippen molar-refractivity contribution in [1.29, 1.82) is 0 Å². The first-order chi connectivity index (χ1) is 15.0. The van der Waals surface area contributed by atoms with Crippen LogP contribution in [-0.4, -0.2) is 35.5 Å². The van der Waals surface area contributed by atoms with Gasteiger partial charge in [-0.2, -0.15) is 13.2 Å². The number of rotatable bonds is 7. The standard InChI is InChI=1S/C22H24BrF4N3O2/c1-3-4-5-10-29-20(31)16-9-8-14(12-17(16)24)15-7-6-11-30(13(15)2)21(32)18(23)19(28)22(25,26)27/h6-9,11-13H,3-5,10,28H2,1-2H3,(H,29,31)/b19-18+. The molecule has 5 nitrogen and oxygen atoms in total. The van der Waals surface area contributed by atoms with Crippen molar-refractivity contribution in [3.63, 3.8) is 0 Å². The topological polar surface area (TPSA) is 75.4 Å². The van der Waals surface area contributed by atoms with Crippen LogP contribution in [0.2, 0.25) is 0 Å². The maximum atomic E-state index is 14.6. The van der Waals surface area contributed by atoms with E-state index in [0.29, 0.717) is 17.7 Å². The molecule has 0 saturated carbocycles. The zero-order chi connectivity index (χ0) is 24.1. The van der Waals surface area contributed by atoms with Gasteiger partial charge in [-0.05, 0) is 58.6 Å². The summed E-state index contributed by atoms with van der Waals surface area (Å²) in [6.45, 7) is 4.07. The van der Waals surface area contributed by atoms with Crippen molar-refractivity contribution >= 4 is 33.3 Å². The highest BCUT2D eigenvalue weighted by Gasteiger charge is 2.37. The van der Waals surface area contributed by atoms with Crippen LogP contribution in [0.4, 0.5) is 17.6 Å². The predicted molar refractivity (Wildman–Crippen MR) is 118 cm³/mol. The first-order valence-corrected chi connectivity index (χ1v) is 10.8. The molecule has 2 amide bonds. The predicted octanol–water partition coefficient (Wildman–Crippen LogP) is 5.00. The second kappa shape index (κ2) is 10.8. The molecule has 0 saturated heterocycles. The molecule has 1 atom stereocenters. The third-order valence-electron chi connectivity index (χ3n) is 4.97. The molecular weight excluding hydrogens is 494 g/mol. The Balaban J connectivity index is 2.21. The molecule has 1 aliphatic rings. The monoisotopic (exact) mass is 517 g/mol. The van der Waals surface area contributed by atoms with E-state index < -0.39 is 40.0 Å². The summed E-state index contributed by atoms with van der Waals surface area (Å²) >= 11 is 2.64. The van der Waals surface area contributed by atoms with Gasteiger partial charge < -0.3 is 16.0 Å². The van der Waals surface area contributed by atoms with Crippen LogP contribution >= 0.6 is 15.9 Å².